The number of aliphatic hydroxyl groups excluding tert-OH is 6. The molecule has 0 aliphatic carbocycles. The van der Waals surface area contributed by atoms with E-state index in [1.807, 2.05) is 0 Å². The lowest BCUT2D eigenvalue weighted by atomic mass is 10.2. The van der Waals surface area contributed by atoms with Crippen LogP contribution in [0.4, 0.5) is 0 Å². The van der Waals surface area contributed by atoms with Gasteiger partial charge >= 0.3 is 0 Å². The third-order valence-corrected chi connectivity index (χ3v) is 3.97. The molecule has 1 heterocycles. The first-order valence-corrected chi connectivity index (χ1v) is 10.2. The molecule has 1 saturated heterocycles. The Hall–Kier alpha value is -0.0100. The average Bonchev–Trinajstić information content (AvgIpc) is 2.69. The highest BCUT2D eigenvalue weighted by molar-refractivity contribution is 7.95. The maximum atomic E-state index is 8.70. The average molecular weight is 419 g/mol. The molecule has 0 spiro atoms. The summed E-state index contributed by atoms with van der Waals surface area (Å²) in [5.41, 5.74) is -0.0962. The summed E-state index contributed by atoms with van der Waals surface area (Å²) < 4.78 is 16.6. The van der Waals surface area contributed by atoms with Crippen molar-refractivity contribution in [1.29, 1.82) is 0 Å². The molecule has 10 heteroatoms. The Labute approximate surface area is 166 Å². The summed E-state index contributed by atoms with van der Waals surface area (Å²) >= 11 is 1.28. The Morgan fingerprint density at radius 2 is 1.26 bits per heavy atom. The van der Waals surface area contributed by atoms with Crippen LogP contribution in [-0.4, -0.2) is 102 Å². The summed E-state index contributed by atoms with van der Waals surface area (Å²) in [5.74, 6) is 0. The number of aliphatic hydroxyl groups is 6. The van der Waals surface area contributed by atoms with Gasteiger partial charge in [-0.25, -0.2) is 0 Å². The maximum absolute atomic E-state index is 8.70. The van der Waals surface area contributed by atoms with E-state index < -0.39 is 0 Å². The van der Waals surface area contributed by atoms with Gasteiger partial charge in [0.2, 0.25) is 0 Å². The van der Waals surface area contributed by atoms with Crippen LogP contribution >= 0.6 is 12.0 Å². The van der Waals surface area contributed by atoms with Gasteiger partial charge in [0.25, 0.3) is 0 Å². The van der Waals surface area contributed by atoms with E-state index in [-0.39, 0.29) is 51.2 Å². The lowest BCUT2D eigenvalue weighted by Crippen LogP contribution is -2.34. The Morgan fingerprint density at radius 3 is 1.74 bits per heavy atom. The lowest BCUT2D eigenvalue weighted by Gasteiger charge is -2.30. The van der Waals surface area contributed by atoms with E-state index in [9.17, 15) is 0 Å². The zero-order valence-electron chi connectivity index (χ0n) is 16.1. The molecular weight excluding hydrogens is 380 g/mol. The molecule has 1 fully saturated rings. The van der Waals surface area contributed by atoms with Crippen LogP contribution in [0.25, 0.3) is 0 Å². The van der Waals surface area contributed by atoms with Crippen LogP contribution in [0.5, 0.6) is 0 Å². The van der Waals surface area contributed by atoms with Crippen molar-refractivity contribution in [3.05, 3.63) is 0 Å². The second-order valence-corrected chi connectivity index (χ2v) is 6.36. The minimum atomic E-state index is -0.0962. The van der Waals surface area contributed by atoms with E-state index >= 15 is 0 Å². The van der Waals surface area contributed by atoms with E-state index in [0.717, 1.165) is 19.4 Å². The van der Waals surface area contributed by atoms with Gasteiger partial charge in [0.05, 0.1) is 12.7 Å². The van der Waals surface area contributed by atoms with Crippen LogP contribution in [0.2, 0.25) is 0 Å². The molecule has 1 aliphatic rings. The van der Waals surface area contributed by atoms with Gasteiger partial charge in [-0.15, -0.1) is 0 Å². The molecule has 2 unspecified atom stereocenters. The fourth-order valence-electron chi connectivity index (χ4n) is 1.66. The highest BCUT2D eigenvalue weighted by Gasteiger charge is 2.27. The molecule has 0 aromatic rings. The molecule has 0 aromatic carbocycles. The van der Waals surface area contributed by atoms with Gasteiger partial charge in [0.1, 0.15) is 0 Å². The van der Waals surface area contributed by atoms with Gasteiger partial charge in [-0.1, -0.05) is 0 Å². The van der Waals surface area contributed by atoms with Crippen LogP contribution in [-0.2, 0) is 13.7 Å². The minimum Gasteiger partial charge on any atom is -0.396 e. The Kier molecular flexibility index (Phi) is 28.1. The molecule has 0 aromatic heterocycles. The van der Waals surface area contributed by atoms with Crippen molar-refractivity contribution >= 4 is 12.0 Å². The van der Waals surface area contributed by atoms with Crippen molar-refractivity contribution in [2.24, 2.45) is 0 Å². The third-order valence-electron chi connectivity index (χ3n) is 3.03. The van der Waals surface area contributed by atoms with Crippen LogP contribution in [0.1, 0.15) is 38.5 Å². The molecule has 0 saturated carbocycles. The predicted octanol–water partition coefficient (Wildman–Crippen LogP) is -0.340. The summed E-state index contributed by atoms with van der Waals surface area (Å²) in [7, 11) is 0. The SMILES string of the molecule is OCCCO.OCCCO.OCCCOSC1OCCCC1OCCCO. The summed E-state index contributed by atoms with van der Waals surface area (Å²) in [6.07, 6.45) is 4.29. The molecular formula is C17H38O9S. The van der Waals surface area contributed by atoms with Crippen LogP contribution < -0.4 is 0 Å². The molecule has 1 aliphatic heterocycles. The zero-order valence-corrected chi connectivity index (χ0v) is 16.9. The predicted molar refractivity (Wildman–Crippen MR) is 103 cm³/mol. The monoisotopic (exact) mass is 418 g/mol. The van der Waals surface area contributed by atoms with E-state index in [2.05, 4.69) is 0 Å². The number of ether oxygens (including phenoxy) is 2. The molecule has 166 valence electrons. The van der Waals surface area contributed by atoms with E-state index in [1.54, 1.807) is 0 Å². The third kappa shape index (κ3) is 22.1. The smallest absolute Gasteiger partial charge is 0.154 e. The first kappa shape index (κ1) is 29.2. The first-order valence-electron chi connectivity index (χ1n) is 9.38. The van der Waals surface area contributed by atoms with Gasteiger partial charge in [0.15, 0.2) is 5.44 Å². The number of rotatable bonds is 13. The molecule has 0 bridgehead atoms. The quantitative estimate of drug-likeness (QED) is 0.173. The Morgan fingerprint density at radius 1 is 0.741 bits per heavy atom. The molecule has 0 amide bonds. The molecule has 9 nitrogen and oxygen atoms in total. The standard InChI is InChI=1S/C11H22O5S.2C3H8O2/c12-5-2-8-14-10-4-1-7-15-11(10)17-16-9-3-6-13;2*4-2-1-3-5/h10-13H,1-9H2;2*4-5H,1-3H2. The topological polar surface area (TPSA) is 149 Å². The van der Waals surface area contributed by atoms with Crippen molar-refractivity contribution < 1.29 is 44.3 Å². The summed E-state index contributed by atoms with van der Waals surface area (Å²) in [6, 6.07) is 0. The van der Waals surface area contributed by atoms with Gasteiger partial charge in [-0.05, 0) is 38.5 Å². The maximum Gasteiger partial charge on any atom is 0.154 e. The largest absolute Gasteiger partial charge is 0.396 e. The van der Waals surface area contributed by atoms with Crippen molar-refractivity contribution in [2.45, 2.75) is 50.1 Å². The van der Waals surface area contributed by atoms with Gasteiger partial charge in [-0.3, -0.25) is 0 Å². The number of hydrogen-bond acceptors (Lipinski definition) is 10. The van der Waals surface area contributed by atoms with Crippen molar-refractivity contribution in [2.75, 3.05) is 59.5 Å². The van der Waals surface area contributed by atoms with Crippen LogP contribution in [0, 0.1) is 0 Å². The highest BCUT2D eigenvalue weighted by atomic mass is 32.2. The zero-order chi connectivity index (χ0) is 20.6. The van der Waals surface area contributed by atoms with E-state index in [1.165, 1.54) is 12.0 Å². The minimum absolute atomic E-state index is 0.0365. The van der Waals surface area contributed by atoms with Gasteiger partial charge < -0.3 is 44.3 Å². The second-order valence-electron chi connectivity index (χ2n) is 5.46. The normalized spacial score (nSPS) is 18.9. The van der Waals surface area contributed by atoms with Crippen molar-refractivity contribution in [3.63, 3.8) is 0 Å². The molecule has 6 N–H and O–H groups in total. The van der Waals surface area contributed by atoms with Crippen molar-refractivity contribution in [3.8, 4) is 0 Å². The van der Waals surface area contributed by atoms with Gasteiger partial charge in [-0.2, -0.15) is 0 Å². The van der Waals surface area contributed by atoms with Crippen LogP contribution in [0.3, 0.4) is 0 Å². The molecule has 0 radical (unpaired) electrons. The first-order chi connectivity index (χ1) is 13.2. The lowest BCUT2D eigenvalue weighted by molar-refractivity contribution is -0.0709. The molecule has 1 rings (SSSR count). The number of hydrogen-bond donors (Lipinski definition) is 6. The van der Waals surface area contributed by atoms with E-state index in [4.69, 9.17) is 44.3 Å². The van der Waals surface area contributed by atoms with Crippen molar-refractivity contribution in [1.82, 2.24) is 0 Å². The fraction of sp³-hybridized carbons (Fsp3) is 1.00. The highest BCUT2D eigenvalue weighted by Crippen LogP contribution is 2.27. The Bertz CT molecular complexity index is 253. The Balaban J connectivity index is 0. The summed E-state index contributed by atoms with van der Waals surface area (Å²) in [6.45, 7) is 2.48. The molecule has 27 heavy (non-hydrogen) atoms. The second kappa shape index (κ2) is 26.0. The van der Waals surface area contributed by atoms with E-state index in [0.29, 0.717) is 38.9 Å². The van der Waals surface area contributed by atoms with Crippen LogP contribution in [0.15, 0.2) is 0 Å². The summed E-state index contributed by atoms with van der Waals surface area (Å²) in [4.78, 5) is 0. The molecule has 2 atom stereocenters. The fourth-order valence-corrected chi connectivity index (χ4v) is 2.50. The van der Waals surface area contributed by atoms with Gasteiger partial charge in [0, 0.05) is 64.9 Å². The summed E-state index contributed by atoms with van der Waals surface area (Å²) in [5, 5.41) is 49.0.